The molecule has 0 fully saturated rings. The van der Waals surface area contributed by atoms with Crippen molar-refractivity contribution < 1.29 is 13.3 Å². The Balaban J connectivity index is 0.875. The Labute approximate surface area is 326 Å². The van der Waals surface area contributed by atoms with Crippen molar-refractivity contribution in [3.63, 3.8) is 0 Å². The summed E-state index contributed by atoms with van der Waals surface area (Å²) >= 11 is 0. The lowest BCUT2D eigenvalue weighted by Crippen LogP contribution is -1.85. The van der Waals surface area contributed by atoms with Crippen LogP contribution in [-0.4, -0.2) is 4.98 Å². The van der Waals surface area contributed by atoms with Crippen molar-refractivity contribution in [2.75, 3.05) is 0 Å². The Kier molecular flexibility index (Phi) is 6.89. The van der Waals surface area contributed by atoms with E-state index in [1.807, 2.05) is 36.5 Å². The number of aromatic nitrogens is 1. The normalized spacial score (nSPS) is 11.9. The molecule has 0 atom stereocenters. The van der Waals surface area contributed by atoms with E-state index in [-0.39, 0.29) is 0 Å². The van der Waals surface area contributed by atoms with Gasteiger partial charge in [-0.2, -0.15) is 0 Å². The van der Waals surface area contributed by atoms with Crippen molar-refractivity contribution in [2.45, 2.75) is 0 Å². The van der Waals surface area contributed by atoms with Crippen LogP contribution in [0.4, 0.5) is 0 Å². The maximum absolute atomic E-state index is 6.34. The molecule has 0 bridgehead atoms. The van der Waals surface area contributed by atoms with Gasteiger partial charge in [0.15, 0.2) is 5.58 Å². The van der Waals surface area contributed by atoms with Crippen LogP contribution < -0.4 is 0 Å². The summed E-state index contributed by atoms with van der Waals surface area (Å²) in [7, 11) is 0. The average Bonchev–Trinajstić information content (AvgIpc) is 3.96. The van der Waals surface area contributed by atoms with E-state index in [1.54, 1.807) is 0 Å². The van der Waals surface area contributed by atoms with Gasteiger partial charge in [0, 0.05) is 33.1 Å². The van der Waals surface area contributed by atoms with Crippen LogP contribution in [0.2, 0.25) is 0 Å². The first-order valence-corrected chi connectivity index (χ1v) is 19.2. The highest BCUT2D eigenvalue weighted by Crippen LogP contribution is 2.39. The van der Waals surface area contributed by atoms with Crippen molar-refractivity contribution in [2.24, 2.45) is 0 Å². The summed E-state index contributed by atoms with van der Waals surface area (Å²) in [6, 6.07) is 64.2. The van der Waals surface area contributed by atoms with Gasteiger partial charge >= 0.3 is 0 Å². The zero-order valence-electron chi connectivity index (χ0n) is 30.6. The third kappa shape index (κ3) is 5.26. The number of benzene rings is 8. The SMILES string of the molecule is c1cc(-c2cccc(-c3ccc4oc5ccc(-c6ccc7oc8ccccc8c7c6)cc5c4c3)c2)cc(-c2cccc(-c3ccc4oc5cccnc5c4c3)c2)c1. The smallest absolute Gasteiger partial charge is 0.153 e. The molecule has 12 aromatic rings. The van der Waals surface area contributed by atoms with Crippen molar-refractivity contribution in [1.82, 2.24) is 4.98 Å². The molecule has 0 amide bonds. The minimum absolute atomic E-state index is 0.804. The summed E-state index contributed by atoms with van der Waals surface area (Å²) in [5.74, 6) is 0. The Hall–Kier alpha value is -7.69. The quantitative estimate of drug-likeness (QED) is 0.177. The molecule has 4 nitrogen and oxygen atoms in total. The van der Waals surface area contributed by atoms with Gasteiger partial charge in [0.1, 0.15) is 33.4 Å². The molecular weight excluding hydrogens is 699 g/mol. The van der Waals surface area contributed by atoms with Crippen LogP contribution >= 0.6 is 0 Å². The van der Waals surface area contributed by atoms with E-state index in [2.05, 4.69) is 157 Å². The molecule has 266 valence electrons. The third-order valence-electron chi connectivity index (χ3n) is 11.3. The van der Waals surface area contributed by atoms with Crippen molar-refractivity contribution >= 4 is 65.9 Å². The van der Waals surface area contributed by atoms with Crippen LogP contribution in [0, 0.1) is 0 Å². The minimum atomic E-state index is 0.804. The van der Waals surface area contributed by atoms with Crippen molar-refractivity contribution in [1.29, 1.82) is 0 Å². The highest BCUT2D eigenvalue weighted by molar-refractivity contribution is 6.09. The van der Waals surface area contributed by atoms with Crippen LogP contribution in [-0.2, 0) is 0 Å². The Bertz CT molecular complexity index is 3550. The highest BCUT2D eigenvalue weighted by atomic mass is 16.3. The molecule has 12 rings (SSSR count). The molecule has 0 spiro atoms. The zero-order chi connectivity index (χ0) is 37.5. The molecule has 0 radical (unpaired) electrons. The number of fused-ring (bicyclic) bond motifs is 9. The molecule has 4 aromatic heterocycles. The molecule has 0 saturated heterocycles. The first-order chi connectivity index (χ1) is 28.2. The van der Waals surface area contributed by atoms with Crippen molar-refractivity contribution in [3.8, 4) is 55.6 Å². The summed E-state index contributed by atoms with van der Waals surface area (Å²) in [4.78, 5) is 4.58. The second-order valence-electron chi connectivity index (χ2n) is 14.7. The Morgan fingerprint density at radius 2 is 0.596 bits per heavy atom. The molecule has 0 aliphatic carbocycles. The predicted molar refractivity (Wildman–Crippen MR) is 233 cm³/mol. The third-order valence-corrected chi connectivity index (χ3v) is 11.3. The second kappa shape index (κ2) is 12.4. The van der Waals surface area contributed by atoms with Gasteiger partial charge in [0.2, 0.25) is 0 Å². The van der Waals surface area contributed by atoms with Gasteiger partial charge in [-0.15, -0.1) is 0 Å². The predicted octanol–water partition coefficient (Wildman–Crippen LogP) is 15.1. The minimum Gasteiger partial charge on any atom is -0.456 e. The summed E-state index contributed by atoms with van der Waals surface area (Å²) < 4.78 is 18.5. The van der Waals surface area contributed by atoms with Gasteiger partial charge in [-0.3, -0.25) is 4.98 Å². The number of hydrogen-bond donors (Lipinski definition) is 0. The molecule has 0 aliphatic heterocycles. The molecule has 0 unspecified atom stereocenters. The molecule has 4 heterocycles. The number of para-hydroxylation sites is 1. The van der Waals surface area contributed by atoms with Gasteiger partial charge in [0.05, 0.1) is 0 Å². The summed E-state index contributed by atoms with van der Waals surface area (Å²) in [6.45, 7) is 0. The van der Waals surface area contributed by atoms with E-state index in [9.17, 15) is 0 Å². The van der Waals surface area contributed by atoms with E-state index in [0.29, 0.717) is 0 Å². The summed E-state index contributed by atoms with van der Waals surface area (Å²) in [6.07, 6.45) is 1.81. The average molecular weight is 730 g/mol. The van der Waals surface area contributed by atoms with Crippen LogP contribution in [0.25, 0.3) is 122 Å². The molecule has 0 N–H and O–H groups in total. The monoisotopic (exact) mass is 729 g/mol. The van der Waals surface area contributed by atoms with E-state index in [1.165, 1.54) is 11.1 Å². The summed E-state index contributed by atoms with van der Waals surface area (Å²) in [5.41, 5.74) is 17.6. The molecular formula is C53H31NO3. The second-order valence-corrected chi connectivity index (χ2v) is 14.7. The fourth-order valence-corrected chi connectivity index (χ4v) is 8.45. The van der Waals surface area contributed by atoms with E-state index in [4.69, 9.17) is 13.3 Å². The maximum Gasteiger partial charge on any atom is 0.153 e. The van der Waals surface area contributed by atoms with E-state index >= 15 is 0 Å². The largest absolute Gasteiger partial charge is 0.456 e. The number of nitrogens with zero attached hydrogens (tertiary/aromatic N) is 1. The molecule has 4 heteroatoms. The van der Waals surface area contributed by atoms with Gasteiger partial charge in [0.25, 0.3) is 0 Å². The number of hydrogen-bond acceptors (Lipinski definition) is 4. The van der Waals surface area contributed by atoms with E-state index < -0.39 is 0 Å². The summed E-state index contributed by atoms with van der Waals surface area (Å²) in [5, 5.41) is 5.48. The fraction of sp³-hybridized carbons (Fsp3) is 0. The number of pyridine rings is 1. The van der Waals surface area contributed by atoms with Crippen LogP contribution in [0.1, 0.15) is 0 Å². The Morgan fingerprint density at radius 3 is 1.09 bits per heavy atom. The lowest BCUT2D eigenvalue weighted by atomic mass is 9.94. The van der Waals surface area contributed by atoms with Crippen molar-refractivity contribution in [3.05, 3.63) is 188 Å². The maximum atomic E-state index is 6.34. The highest BCUT2D eigenvalue weighted by Gasteiger charge is 2.14. The number of rotatable bonds is 5. The van der Waals surface area contributed by atoms with Crippen LogP contribution in [0.3, 0.4) is 0 Å². The molecule has 0 aliphatic rings. The molecule has 0 saturated carbocycles. The number of furan rings is 3. The van der Waals surface area contributed by atoms with Crippen LogP contribution in [0.5, 0.6) is 0 Å². The van der Waals surface area contributed by atoms with E-state index in [0.717, 1.165) is 110 Å². The van der Waals surface area contributed by atoms with Gasteiger partial charge in [-0.25, -0.2) is 0 Å². The van der Waals surface area contributed by atoms with Crippen LogP contribution in [0.15, 0.2) is 201 Å². The lowest BCUT2D eigenvalue weighted by molar-refractivity contribution is 0.668. The molecule has 8 aromatic carbocycles. The fourth-order valence-electron chi connectivity index (χ4n) is 8.45. The van der Waals surface area contributed by atoms with Gasteiger partial charge in [-0.05, 0) is 141 Å². The Morgan fingerprint density at radius 1 is 0.246 bits per heavy atom. The lowest BCUT2D eigenvalue weighted by Gasteiger charge is -2.10. The zero-order valence-corrected chi connectivity index (χ0v) is 30.6. The van der Waals surface area contributed by atoms with Gasteiger partial charge < -0.3 is 13.3 Å². The first kappa shape index (κ1) is 31.6. The standard InChI is InChI=1S/C53H31NO3/c1-2-14-47-42(13-1)43-28-39(17-20-48(43)55-47)40-18-22-50-45(30-40)44-29-38(16-21-49(44)56-50)36-11-4-9-34(26-36)32-7-3-8-33(25-32)35-10-5-12-37(27-35)41-19-23-51-46(31-41)53-52(57-51)15-6-24-54-53/h1-31H. The topological polar surface area (TPSA) is 52.3 Å². The van der Waals surface area contributed by atoms with Gasteiger partial charge in [-0.1, -0.05) is 97.1 Å². The first-order valence-electron chi connectivity index (χ1n) is 19.2. The molecule has 57 heavy (non-hydrogen) atoms.